The molecule has 0 radical (unpaired) electrons. The lowest BCUT2D eigenvalue weighted by Gasteiger charge is -2.08. The van der Waals surface area contributed by atoms with Crippen molar-refractivity contribution in [1.29, 1.82) is 0 Å². The van der Waals surface area contributed by atoms with Crippen LogP contribution in [-0.2, 0) is 0 Å². The third-order valence-electron chi connectivity index (χ3n) is 4.77. The maximum Gasteiger partial charge on any atom is 0.271 e. The van der Waals surface area contributed by atoms with E-state index < -0.39 is 0 Å². The molecule has 3 aromatic carbocycles. The summed E-state index contributed by atoms with van der Waals surface area (Å²) < 4.78 is 5.87. The van der Waals surface area contributed by atoms with E-state index in [4.69, 9.17) is 16.3 Å². The van der Waals surface area contributed by atoms with Gasteiger partial charge in [-0.25, -0.2) is 10.4 Å². The number of nitrogens with zero attached hydrogens (tertiary/aromatic N) is 2. The minimum absolute atomic E-state index is 0.0149. The van der Waals surface area contributed by atoms with Crippen molar-refractivity contribution in [2.75, 3.05) is 11.9 Å². The SMILES string of the molecule is CCOc1cc(/C=N\NC(=O)c2ccc(-c3csc(Nc4ccc(Cl)cc4)n3)cc2)cc(Br)c1O. The molecule has 0 aliphatic carbocycles. The molecule has 0 spiro atoms. The number of carbonyl (C=O) groups excluding carboxylic acids is 1. The van der Waals surface area contributed by atoms with E-state index >= 15 is 0 Å². The standard InChI is InChI=1S/C25H20BrClN4O3S/c1-2-34-22-12-15(11-20(26)23(22)32)13-28-31-24(33)17-5-3-16(4-6-17)21-14-35-25(30-21)29-19-9-7-18(27)8-10-19/h3-14,32H,2H2,1H3,(H,29,30)(H,31,33)/b28-13-. The number of phenolic OH excluding ortho intramolecular Hbond substituents is 1. The van der Waals surface area contributed by atoms with Crippen LogP contribution in [0.25, 0.3) is 11.3 Å². The normalized spacial score (nSPS) is 10.9. The maximum atomic E-state index is 12.5. The summed E-state index contributed by atoms with van der Waals surface area (Å²) in [6.45, 7) is 2.24. The Morgan fingerprint density at radius 3 is 2.66 bits per heavy atom. The zero-order valence-electron chi connectivity index (χ0n) is 18.5. The summed E-state index contributed by atoms with van der Waals surface area (Å²) in [5, 5.41) is 20.6. The number of carbonyl (C=O) groups is 1. The fraction of sp³-hybridized carbons (Fsp3) is 0.0800. The summed E-state index contributed by atoms with van der Waals surface area (Å²) in [6.07, 6.45) is 1.48. The van der Waals surface area contributed by atoms with Gasteiger partial charge in [-0.05, 0) is 76.9 Å². The molecule has 0 aliphatic rings. The number of benzene rings is 3. The van der Waals surface area contributed by atoms with Crippen molar-refractivity contribution in [1.82, 2.24) is 10.4 Å². The molecule has 4 rings (SSSR count). The number of nitrogens with one attached hydrogen (secondary N) is 2. The molecule has 0 bridgehead atoms. The van der Waals surface area contributed by atoms with Crippen LogP contribution in [0.15, 0.2) is 75.6 Å². The number of anilines is 2. The minimum atomic E-state index is -0.348. The highest BCUT2D eigenvalue weighted by Gasteiger charge is 2.10. The number of ether oxygens (including phenoxy) is 1. The van der Waals surface area contributed by atoms with E-state index in [1.807, 2.05) is 48.7 Å². The van der Waals surface area contributed by atoms with E-state index in [2.05, 4.69) is 36.8 Å². The van der Waals surface area contributed by atoms with Gasteiger partial charge in [0.05, 0.1) is 23.0 Å². The zero-order chi connectivity index (χ0) is 24.8. The first-order chi connectivity index (χ1) is 16.9. The first kappa shape index (κ1) is 24.7. The molecule has 0 saturated carbocycles. The minimum Gasteiger partial charge on any atom is -0.503 e. The predicted molar refractivity (Wildman–Crippen MR) is 144 cm³/mol. The third-order valence-corrected chi connectivity index (χ3v) is 6.39. The molecule has 1 amide bonds. The lowest BCUT2D eigenvalue weighted by Crippen LogP contribution is -2.17. The summed E-state index contributed by atoms with van der Waals surface area (Å²) in [5.74, 6) is -0.000954. The fourth-order valence-corrected chi connectivity index (χ4v) is 4.40. The summed E-state index contributed by atoms with van der Waals surface area (Å²) in [4.78, 5) is 17.1. The molecule has 3 N–H and O–H groups in total. The molecule has 0 unspecified atom stereocenters. The average molecular weight is 572 g/mol. The second kappa shape index (κ2) is 11.4. The van der Waals surface area contributed by atoms with Crippen LogP contribution in [0.3, 0.4) is 0 Å². The first-order valence-corrected chi connectivity index (χ1v) is 12.5. The second-order valence-corrected chi connectivity index (χ2v) is 9.38. The van der Waals surface area contributed by atoms with Gasteiger partial charge in [0.2, 0.25) is 0 Å². The van der Waals surface area contributed by atoms with E-state index in [-0.39, 0.29) is 11.7 Å². The monoisotopic (exact) mass is 570 g/mol. The molecule has 1 aromatic heterocycles. The Labute approximate surface area is 219 Å². The van der Waals surface area contributed by atoms with Crippen molar-refractivity contribution < 1.29 is 14.6 Å². The van der Waals surface area contributed by atoms with Crippen molar-refractivity contribution in [3.05, 3.63) is 86.7 Å². The number of rotatable bonds is 8. The Bertz CT molecular complexity index is 1360. The van der Waals surface area contributed by atoms with Crippen LogP contribution in [0, 0.1) is 0 Å². The quantitative estimate of drug-likeness (QED) is 0.159. The van der Waals surface area contributed by atoms with E-state index in [1.54, 1.807) is 24.3 Å². The number of hydrazone groups is 1. The number of aromatic hydroxyl groups is 1. The number of aromatic nitrogens is 1. The number of hydrogen-bond acceptors (Lipinski definition) is 7. The Morgan fingerprint density at radius 2 is 1.94 bits per heavy atom. The highest BCUT2D eigenvalue weighted by Crippen LogP contribution is 2.35. The van der Waals surface area contributed by atoms with Crippen LogP contribution in [0.2, 0.25) is 5.02 Å². The molecule has 4 aromatic rings. The van der Waals surface area contributed by atoms with Gasteiger partial charge in [-0.2, -0.15) is 5.10 Å². The molecule has 7 nitrogen and oxygen atoms in total. The van der Waals surface area contributed by atoms with E-state index in [0.717, 1.165) is 22.1 Å². The van der Waals surface area contributed by atoms with Gasteiger partial charge in [0.1, 0.15) is 0 Å². The lowest BCUT2D eigenvalue weighted by molar-refractivity contribution is 0.0955. The first-order valence-electron chi connectivity index (χ1n) is 10.5. The van der Waals surface area contributed by atoms with Gasteiger partial charge in [-0.15, -0.1) is 11.3 Å². The molecule has 0 aliphatic heterocycles. The summed E-state index contributed by atoms with van der Waals surface area (Å²) in [5.41, 5.74) is 6.22. The van der Waals surface area contributed by atoms with Crippen molar-refractivity contribution in [2.24, 2.45) is 5.10 Å². The predicted octanol–water partition coefficient (Wildman–Crippen LogP) is 6.84. The van der Waals surface area contributed by atoms with Crippen molar-refractivity contribution in [2.45, 2.75) is 6.92 Å². The highest BCUT2D eigenvalue weighted by molar-refractivity contribution is 9.10. The van der Waals surface area contributed by atoms with Crippen LogP contribution < -0.4 is 15.5 Å². The smallest absolute Gasteiger partial charge is 0.271 e. The van der Waals surface area contributed by atoms with Crippen LogP contribution in [-0.4, -0.2) is 28.8 Å². The van der Waals surface area contributed by atoms with Gasteiger partial charge in [0.25, 0.3) is 5.91 Å². The van der Waals surface area contributed by atoms with Crippen LogP contribution >= 0.6 is 38.9 Å². The molecular formula is C25H20BrClN4O3S. The van der Waals surface area contributed by atoms with Crippen molar-refractivity contribution in [3.63, 3.8) is 0 Å². The molecule has 0 saturated heterocycles. The van der Waals surface area contributed by atoms with Gasteiger partial charge < -0.3 is 15.2 Å². The molecular weight excluding hydrogens is 552 g/mol. The highest BCUT2D eigenvalue weighted by atomic mass is 79.9. The van der Waals surface area contributed by atoms with Crippen LogP contribution in [0.1, 0.15) is 22.8 Å². The largest absolute Gasteiger partial charge is 0.503 e. The fourth-order valence-electron chi connectivity index (χ4n) is 3.08. The van der Waals surface area contributed by atoms with Crippen molar-refractivity contribution in [3.8, 4) is 22.8 Å². The van der Waals surface area contributed by atoms with Gasteiger partial charge in [-0.3, -0.25) is 4.79 Å². The van der Waals surface area contributed by atoms with E-state index in [0.29, 0.717) is 33.0 Å². The molecule has 10 heteroatoms. The van der Waals surface area contributed by atoms with Crippen LogP contribution in [0.4, 0.5) is 10.8 Å². The summed E-state index contributed by atoms with van der Waals surface area (Å²) >= 11 is 10.7. The molecule has 1 heterocycles. The van der Waals surface area contributed by atoms with E-state index in [1.165, 1.54) is 17.6 Å². The Morgan fingerprint density at radius 1 is 1.20 bits per heavy atom. The van der Waals surface area contributed by atoms with E-state index in [9.17, 15) is 9.90 Å². The molecule has 0 fully saturated rings. The van der Waals surface area contributed by atoms with Gasteiger partial charge >= 0.3 is 0 Å². The number of thiazole rings is 1. The summed E-state index contributed by atoms with van der Waals surface area (Å²) in [6, 6.07) is 17.8. The zero-order valence-corrected chi connectivity index (χ0v) is 21.6. The van der Waals surface area contributed by atoms with Gasteiger partial charge in [0, 0.05) is 27.2 Å². The Kier molecular flexibility index (Phi) is 8.02. The molecule has 0 atom stereocenters. The average Bonchev–Trinajstić information content (AvgIpc) is 3.32. The van der Waals surface area contributed by atoms with Crippen LogP contribution in [0.5, 0.6) is 11.5 Å². The lowest BCUT2D eigenvalue weighted by atomic mass is 10.1. The Balaban J connectivity index is 1.38. The van der Waals surface area contributed by atoms with Gasteiger partial charge in [0.15, 0.2) is 16.6 Å². The third kappa shape index (κ3) is 6.39. The maximum absolute atomic E-state index is 12.5. The summed E-state index contributed by atoms with van der Waals surface area (Å²) in [7, 11) is 0. The molecule has 35 heavy (non-hydrogen) atoms. The van der Waals surface area contributed by atoms with Gasteiger partial charge in [-0.1, -0.05) is 23.7 Å². The Hall–Kier alpha value is -3.40. The number of halogens is 2. The number of hydrogen-bond donors (Lipinski definition) is 3. The second-order valence-electron chi connectivity index (χ2n) is 7.23. The van der Waals surface area contributed by atoms with Crippen molar-refractivity contribution >= 4 is 61.8 Å². The molecule has 178 valence electrons. The number of amides is 1. The number of phenols is 1. The topological polar surface area (TPSA) is 95.8 Å².